The Labute approximate surface area is 128 Å². The SMILES string of the molecule is CC1(C)CCC(C#N)(N2CCCNCC2)c2ccccc21. The maximum atomic E-state index is 10.1. The number of nitrogens with zero attached hydrogens (tertiary/aromatic N) is 2. The van der Waals surface area contributed by atoms with Crippen molar-refractivity contribution >= 4 is 0 Å². The zero-order valence-electron chi connectivity index (χ0n) is 13.2. The van der Waals surface area contributed by atoms with E-state index in [4.69, 9.17) is 0 Å². The number of hydrogen-bond acceptors (Lipinski definition) is 3. The molecule has 0 amide bonds. The fraction of sp³-hybridized carbons (Fsp3) is 0.611. The first-order valence-corrected chi connectivity index (χ1v) is 8.07. The molecule has 0 spiro atoms. The van der Waals surface area contributed by atoms with Gasteiger partial charge in [-0.1, -0.05) is 38.1 Å². The molecule has 3 nitrogen and oxygen atoms in total. The van der Waals surface area contributed by atoms with Crippen LogP contribution in [-0.2, 0) is 11.0 Å². The van der Waals surface area contributed by atoms with E-state index < -0.39 is 5.54 Å². The minimum Gasteiger partial charge on any atom is -0.315 e. The van der Waals surface area contributed by atoms with E-state index in [1.165, 1.54) is 11.1 Å². The molecule has 0 saturated carbocycles. The Bertz CT molecular complexity index is 550. The molecule has 21 heavy (non-hydrogen) atoms. The Morgan fingerprint density at radius 1 is 1.10 bits per heavy atom. The molecule has 1 aliphatic heterocycles. The standard InChI is InChI=1S/C18H25N3/c1-17(2)8-9-18(14-19,16-7-4-3-6-15(16)17)21-12-5-10-20-11-13-21/h3-4,6-7,20H,5,8-13H2,1-2H3. The van der Waals surface area contributed by atoms with E-state index in [0.717, 1.165) is 45.4 Å². The highest BCUT2D eigenvalue weighted by molar-refractivity contribution is 5.45. The van der Waals surface area contributed by atoms with Crippen molar-refractivity contribution in [1.82, 2.24) is 10.2 Å². The lowest BCUT2D eigenvalue weighted by molar-refractivity contribution is 0.112. The molecule has 1 aromatic carbocycles. The van der Waals surface area contributed by atoms with E-state index in [-0.39, 0.29) is 5.41 Å². The zero-order chi connectivity index (χ0) is 14.9. The van der Waals surface area contributed by atoms with Crippen molar-refractivity contribution in [2.45, 2.75) is 44.1 Å². The summed E-state index contributed by atoms with van der Waals surface area (Å²) in [6, 6.07) is 11.3. The van der Waals surface area contributed by atoms with Crippen molar-refractivity contribution in [3.05, 3.63) is 35.4 Å². The van der Waals surface area contributed by atoms with Crippen molar-refractivity contribution in [2.24, 2.45) is 0 Å². The predicted molar refractivity (Wildman–Crippen MR) is 85.1 cm³/mol. The second-order valence-corrected chi connectivity index (χ2v) is 6.99. The Kier molecular flexibility index (Phi) is 3.77. The largest absolute Gasteiger partial charge is 0.315 e. The van der Waals surface area contributed by atoms with Crippen molar-refractivity contribution in [3.63, 3.8) is 0 Å². The third kappa shape index (κ3) is 2.37. The average Bonchev–Trinajstić information content (AvgIpc) is 2.78. The van der Waals surface area contributed by atoms with Crippen molar-refractivity contribution in [3.8, 4) is 6.07 Å². The van der Waals surface area contributed by atoms with E-state index in [1.807, 2.05) is 0 Å². The lowest BCUT2D eigenvalue weighted by atomic mass is 9.65. The van der Waals surface area contributed by atoms with Crippen molar-refractivity contribution < 1.29 is 0 Å². The van der Waals surface area contributed by atoms with Gasteiger partial charge in [-0.3, -0.25) is 4.90 Å². The third-order valence-corrected chi connectivity index (χ3v) is 5.28. The van der Waals surface area contributed by atoms with Crippen molar-refractivity contribution in [1.29, 1.82) is 5.26 Å². The highest BCUT2D eigenvalue weighted by atomic mass is 15.2. The highest BCUT2D eigenvalue weighted by Gasteiger charge is 2.46. The first kappa shape index (κ1) is 14.6. The van der Waals surface area contributed by atoms with Crippen LogP contribution in [0.15, 0.2) is 24.3 Å². The van der Waals surface area contributed by atoms with Crippen LogP contribution in [0.3, 0.4) is 0 Å². The van der Waals surface area contributed by atoms with Gasteiger partial charge in [0.2, 0.25) is 0 Å². The first-order valence-electron chi connectivity index (χ1n) is 8.07. The summed E-state index contributed by atoms with van der Waals surface area (Å²) in [5.41, 5.74) is 2.33. The second kappa shape index (κ2) is 5.44. The molecular weight excluding hydrogens is 258 g/mol. The fourth-order valence-electron chi connectivity index (χ4n) is 3.94. The summed E-state index contributed by atoms with van der Waals surface area (Å²) < 4.78 is 0. The van der Waals surface area contributed by atoms with Gasteiger partial charge in [-0.15, -0.1) is 0 Å². The number of rotatable bonds is 1. The molecule has 0 bridgehead atoms. The molecule has 1 aromatic rings. The summed E-state index contributed by atoms with van der Waals surface area (Å²) in [5, 5.41) is 13.5. The van der Waals surface area contributed by atoms with Crippen LogP contribution in [0.4, 0.5) is 0 Å². The lowest BCUT2D eigenvalue weighted by Gasteiger charge is -2.47. The Hall–Kier alpha value is -1.37. The average molecular weight is 283 g/mol. The van der Waals surface area contributed by atoms with E-state index >= 15 is 0 Å². The summed E-state index contributed by atoms with van der Waals surface area (Å²) in [4.78, 5) is 2.42. The molecule has 2 aliphatic rings. The molecule has 0 aromatic heterocycles. The summed E-state index contributed by atoms with van der Waals surface area (Å²) >= 11 is 0. The summed E-state index contributed by atoms with van der Waals surface area (Å²) in [6.07, 6.45) is 3.13. The van der Waals surface area contributed by atoms with Crippen LogP contribution in [0.5, 0.6) is 0 Å². The lowest BCUT2D eigenvalue weighted by Crippen LogP contribution is -2.51. The van der Waals surface area contributed by atoms with Gasteiger partial charge >= 0.3 is 0 Å². The van der Waals surface area contributed by atoms with Gasteiger partial charge in [0.1, 0.15) is 5.54 Å². The van der Waals surface area contributed by atoms with E-state index in [1.54, 1.807) is 0 Å². The Morgan fingerprint density at radius 2 is 1.86 bits per heavy atom. The van der Waals surface area contributed by atoms with Gasteiger partial charge in [0.15, 0.2) is 0 Å². The van der Waals surface area contributed by atoms with Gasteiger partial charge in [-0.05, 0) is 42.3 Å². The van der Waals surface area contributed by atoms with Crippen LogP contribution in [0.1, 0.15) is 44.2 Å². The van der Waals surface area contributed by atoms with Crippen LogP contribution in [0.25, 0.3) is 0 Å². The quantitative estimate of drug-likeness (QED) is 0.861. The fourth-order valence-corrected chi connectivity index (χ4v) is 3.94. The topological polar surface area (TPSA) is 39.1 Å². The molecule has 112 valence electrons. The van der Waals surface area contributed by atoms with Crippen LogP contribution < -0.4 is 5.32 Å². The number of nitrogens with one attached hydrogen (secondary N) is 1. The van der Waals surface area contributed by atoms with Crippen LogP contribution >= 0.6 is 0 Å². The third-order valence-electron chi connectivity index (χ3n) is 5.28. The van der Waals surface area contributed by atoms with Gasteiger partial charge in [0, 0.05) is 19.6 Å². The second-order valence-electron chi connectivity index (χ2n) is 6.99. The molecule has 1 aliphatic carbocycles. The predicted octanol–water partition coefficient (Wildman–Crippen LogP) is 2.77. The zero-order valence-corrected chi connectivity index (χ0v) is 13.2. The van der Waals surface area contributed by atoms with Gasteiger partial charge in [0.05, 0.1) is 6.07 Å². The summed E-state index contributed by atoms with van der Waals surface area (Å²) in [7, 11) is 0. The highest BCUT2D eigenvalue weighted by Crippen LogP contribution is 2.47. The molecule has 1 heterocycles. The number of hydrogen-bond donors (Lipinski definition) is 1. The molecular formula is C18H25N3. The van der Waals surface area contributed by atoms with E-state index in [0.29, 0.717) is 0 Å². The monoisotopic (exact) mass is 283 g/mol. The van der Waals surface area contributed by atoms with Crippen LogP contribution in [-0.4, -0.2) is 31.1 Å². The molecule has 3 rings (SSSR count). The van der Waals surface area contributed by atoms with Gasteiger partial charge < -0.3 is 5.32 Å². The minimum atomic E-state index is -0.432. The summed E-state index contributed by atoms with van der Waals surface area (Å²) in [5.74, 6) is 0. The van der Waals surface area contributed by atoms with E-state index in [9.17, 15) is 5.26 Å². The van der Waals surface area contributed by atoms with Crippen molar-refractivity contribution in [2.75, 3.05) is 26.2 Å². The number of benzene rings is 1. The molecule has 1 fully saturated rings. The molecule has 1 atom stereocenters. The molecule has 0 radical (unpaired) electrons. The van der Waals surface area contributed by atoms with E-state index in [2.05, 4.69) is 54.4 Å². The molecule has 1 saturated heterocycles. The summed E-state index contributed by atoms with van der Waals surface area (Å²) in [6.45, 7) is 8.62. The number of nitriles is 1. The molecule has 1 unspecified atom stereocenters. The van der Waals surface area contributed by atoms with Crippen LogP contribution in [0, 0.1) is 11.3 Å². The maximum absolute atomic E-state index is 10.1. The smallest absolute Gasteiger partial charge is 0.135 e. The molecule has 3 heteroatoms. The number of fused-ring (bicyclic) bond motifs is 1. The first-order chi connectivity index (χ1) is 10.1. The Balaban J connectivity index is 2.08. The minimum absolute atomic E-state index is 0.168. The maximum Gasteiger partial charge on any atom is 0.135 e. The Morgan fingerprint density at radius 3 is 2.62 bits per heavy atom. The van der Waals surface area contributed by atoms with Crippen LogP contribution in [0.2, 0.25) is 0 Å². The van der Waals surface area contributed by atoms with Gasteiger partial charge in [0.25, 0.3) is 0 Å². The molecule has 1 N–H and O–H groups in total. The normalized spacial score (nSPS) is 29.2. The van der Waals surface area contributed by atoms with Gasteiger partial charge in [-0.25, -0.2) is 0 Å². The van der Waals surface area contributed by atoms with Gasteiger partial charge in [-0.2, -0.15) is 5.26 Å².